The first-order chi connectivity index (χ1) is 11.5. The average Bonchev–Trinajstić information content (AvgIpc) is 3.01. The molecule has 0 aromatic carbocycles. The third kappa shape index (κ3) is 7.17. The van der Waals surface area contributed by atoms with Crippen molar-refractivity contribution in [3.05, 3.63) is 60.4 Å². The summed E-state index contributed by atoms with van der Waals surface area (Å²) >= 11 is 0. The first-order valence-corrected chi connectivity index (χ1v) is 9.97. The summed E-state index contributed by atoms with van der Waals surface area (Å²) in [6, 6.07) is 0. The molecule has 0 saturated heterocycles. The molecule has 3 heteroatoms. The van der Waals surface area contributed by atoms with Crippen molar-refractivity contribution in [2.75, 3.05) is 0 Å². The number of rotatable bonds is 0. The van der Waals surface area contributed by atoms with Crippen LogP contribution in [0, 0.1) is 48.3 Å². The molecular formula is C24H36Cl2Zr. The molecule has 27 heavy (non-hydrogen) atoms. The molecule has 2 fully saturated rings. The van der Waals surface area contributed by atoms with Crippen molar-refractivity contribution < 1.29 is 26.2 Å². The van der Waals surface area contributed by atoms with E-state index in [1.807, 2.05) is 0 Å². The first-order valence-electron chi connectivity index (χ1n) is 9.97. The van der Waals surface area contributed by atoms with Crippen molar-refractivity contribution in [2.45, 2.75) is 53.4 Å². The van der Waals surface area contributed by atoms with E-state index >= 15 is 0 Å². The summed E-state index contributed by atoms with van der Waals surface area (Å²) < 4.78 is 0. The number of hydrogen-bond donors (Lipinski definition) is 0. The van der Waals surface area contributed by atoms with Crippen LogP contribution in [0.15, 0.2) is 47.6 Å². The van der Waals surface area contributed by atoms with E-state index in [1.54, 1.807) is 11.1 Å². The molecule has 0 N–H and O–H groups in total. The van der Waals surface area contributed by atoms with Gasteiger partial charge in [-0.3, -0.25) is 0 Å². The number of allylic oxidation sites excluding steroid dienone is 8. The molecule has 150 valence electrons. The van der Waals surface area contributed by atoms with Gasteiger partial charge in [0, 0.05) is 0 Å². The van der Waals surface area contributed by atoms with Crippen molar-refractivity contribution in [1.29, 1.82) is 0 Å². The van der Waals surface area contributed by atoms with Crippen LogP contribution in [0.4, 0.5) is 0 Å². The van der Waals surface area contributed by atoms with Crippen molar-refractivity contribution in [2.24, 2.45) is 35.5 Å². The second kappa shape index (κ2) is 12.7. The zero-order valence-electron chi connectivity index (χ0n) is 17.2. The molecule has 2 saturated carbocycles. The van der Waals surface area contributed by atoms with Crippen molar-refractivity contribution in [1.82, 2.24) is 0 Å². The summed E-state index contributed by atoms with van der Waals surface area (Å²) in [5.41, 5.74) is 3.17. The van der Waals surface area contributed by atoms with Gasteiger partial charge in [-0.05, 0) is 36.5 Å². The predicted molar refractivity (Wildman–Crippen MR) is 120 cm³/mol. The van der Waals surface area contributed by atoms with Crippen LogP contribution in [-0.4, -0.2) is 0 Å². The van der Waals surface area contributed by atoms with Gasteiger partial charge in [0.2, 0.25) is 0 Å². The van der Waals surface area contributed by atoms with Gasteiger partial charge in [0.05, 0.1) is 0 Å². The van der Waals surface area contributed by atoms with E-state index < -0.39 is 0 Å². The summed E-state index contributed by atoms with van der Waals surface area (Å²) in [6.45, 7) is 9.40. The Bertz CT molecular complexity index is 511. The van der Waals surface area contributed by atoms with Crippen molar-refractivity contribution in [3.63, 3.8) is 0 Å². The standard InChI is InChI=1S/2C12H17.2ClH.Zr/c2*1-9-7-11-6-4-3-5-10(2)12(11)8-9;;;/h2*3-4,6-7,9-10,12H,5,8H2,1-2H3;2*1H;/q2*-1;;;+2. The summed E-state index contributed by atoms with van der Waals surface area (Å²) in [5, 5.41) is 0. The molecular weight excluding hydrogens is 450 g/mol. The zero-order chi connectivity index (χ0) is 17.1. The maximum absolute atomic E-state index is 2.44. The Balaban J connectivity index is 0.000000451. The van der Waals surface area contributed by atoms with Gasteiger partial charge in [-0.1, -0.05) is 52.4 Å². The Kier molecular flexibility index (Phi) is 12.7. The fraction of sp³-hybridized carbons (Fsp3) is 0.583. The topological polar surface area (TPSA) is 0 Å². The molecule has 0 nitrogen and oxygen atoms in total. The number of halogens is 2. The van der Waals surface area contributed by atoms with Gasteiger partial charge in [0.1, 0.15) is 0 Å². The molecule has 6 unspecified atom stereocenters. The monoisotopic (exact) mass is 484 g/mol. The van der Waals surface area contributed by atoms with Crippen LogP contribution in [0.5, 0.6) is 0 Å². The smallest absolute Gasteiger partial charge is 0.224 e. The first kappa shape index (κ1) is 27.2. The van der Waals surface area contributed by atoms with Crippen LogP contribution >= 0.6 is 24.8 Å². The van der Waals surface area contributed by atoms with E-state index in [0.29, 0.717) is 0 Å². The predicted octanol–water partition coefficient (Wildman–Crippen LogP) is 7.58. The second-order valence-corrected chi connectivity index (χ2v) is 8.59. The van der Waals surface area contributed by atoms with Crippen LogP contribution in [-0.2, 0) is 26.2 Å². The Hall–Kier alpha value is 0.163. The van der Waals surface area contributed by atoms with E-state index in [9.17, 15) is 0 Å². The summed E-state index contributed by atoms with van der Waals surface area (Å²) in [7, 11) is 0. The van der Waals surface area contributed by atoms with Crippen molar-refractivity contribution in [3.8, 4) is 0 Å². The summed E-state index contributed by atoms with van der Waals surface area (Å²) in [6.07, 6.45) is 23.8. The van der Waals surface area contributed by atoms with Gasteiger partial charge >= 0.3 is 26.2 Å². The van der Waals surface area contributed by atoms with Gasteiger partial charge in [-0.15, -0.1) is 49.1 Å². The molecule has 0 aromatic rings. The largest absolute Gasteiger partial charge is 2.00 e. The van der Waals surface area contributed by atoms with E-state index in [0.717, 1.165) is 35.5 Å². The minimum Gasteiger partial charge on any atom is -0.224 e. The van der Waals surface area contributed by atoms with Crippen LogP contribution in [0.25, 0.3) is 0 Å². The quantitative estimate of drug-likeness (QED) is 0.310. The van der Waals surface area contributed by atoms with Crippen molar-refractivity contribution >= 4 is 24.8 Å². The van der Waals surface area contributed by atoms with E-state index in [4.69, 9.17) is 0 Å². The fourth-order valence-electron chi connectivity index (χ4n) is 4.87. The molecule has 0 aromatic heterocycles. The van der Waals surface area contributed by atoms with Gasteiger partial charge < -0.3 is 0 Å². The normalized spacial score (nSPS) is 35.4. The van der Waals surface area contributed by atoms with Crippen LogP contribution in [0.1, 0.15) is 53.4 Å². The fourth-order valence-corrected chi connectivity index (χ4v) is 4.87. The van der Waals surface area contributed by atoms with E-state index in [-0.39, 0.29) is 51.0 Å². The Morgan fingerprint density at radius 3 is 1.44 bits per heavy atom. The summed E-state index contributed by atoms with van der Waals surface area (Å²) in [4.78, 5) is 0. The zero-order valence-corrected chi connectivity index (χ0v) is 21.3. The Labute approximate surface area is 199 Å². The van der Waals surface area contributed by atoms with Gasteiger partial charge in [-0.25, -0.2) is 36.1 Å². The van der Waals surface area contributed by atoms with Crippen LogP contribution < -0.4 is 0 Å². The average molecular weight is 487 g/mol. The minimum absolute atomic E-state index is 0. The molecule has 4 aliphatic carbocycles. The third-order valence-electron chi connectivity index (χ3n) is 6.30. The summed E-state index contributed by atoms with van der Waals surface area (Å²) in [5.74, 6) is 4.97. The molecule has 0 amide bonds. The minimum atomic E-state index is 0. The molecule has 0 spiro atoms. The van der Waals surface area contributed by atoms with Crippen LogP contribution in [0.2, 0.25) is 0 Å². The maximum atomic E-state index is 2.44. The molecule has 0 radical (unpaired) electrons. The van der Waals surface area contributed by atoms with Crippen LogP contribution in [0.3, 0.4) is 0 Å². The Morgan fingerprint density at radius 1 is 0.704 bits per heavy atom. The van der Waals surface area contributed by atoms with Gasteiger partial charge in [-0.2, -0.15) is 0 Å². The van der Waals surface area contributed by atoms with Gasteiger partial charge in [0.15, 0.2) is 0 Å². The molecule has 0 bridgehead atoms. The van der Waals surface area contributed by atoms with E-state index in [2.05, 4.69) is 77.0 Å². The maximum Gasteiger partial charge on any atom is 2.00 e. The Morgan fingerprint density at radius 2 is 1.07 bits per heavy atom. The molecule has 0 aliphatic heterocycles. The molecule has 4 rings (SSSR count). The SMILES string of the molecule is CC1[CH-]C2=CC=CCC(C)C2C1.CC1[CH-]C2=CC=CCC(C)C2C1.Cl.Cl.[Zr+2]. The van der Waals surface area contributed by atoms with E-state index in [1.165, 1.54) is 25.7 Å². The number of fused-ring (bicyclic) bond motifs is 2. The molecule has 0 heterocycles. The third-order valence-corrected chi connectivity index (χ3v) is 6.30. The van der Waals surface area contributed by atoms with Gasteiger partial charge in [0.25, 0.3) is 0 Å². The second-order valence-electron chi connectivity index (χ2n) is 8.59. The number of hydrogen-bond acceptors (Lipinski definition) is 0. The molecule has 4 aliphatic rings. The molecule has 6 atom stereocenters.